The number of halogens is 2. The Balaban J connectivity index is 2.17. The minimum atomic E-state index is -0.594. The lowest BCUT2D eigenvalue weighted by Crippen LogP contribution is -2.11. The van der Waals surface area contributed by atoms with Crippen molar-refractivity contribution in [3.8, 4) is 0 Å². The van der Waals surface area contributed by atoms with Crippen LogP contribution in [0.2, 0.25) is 10.0 Å². The summed E-state index contributed by atoms with van der Waals surface area (Å²) >= 11 is 12.0. The molecule has 0 radical (unpaired) electrons. The minimum Gasteiger partial charge on any atom is -0.455 e. The molecule has 1 aromatic heterocycles. The van der Waals surface area contributed by atoms with Gasteiger partial charge in [-0.25, -0.2) is 4.79 Å². The second kappa shape index (κ2) is 5.73. The van der Waals surface area contributed by atoms with Crippen LogP contribution in [0, 0.1) is 6.92 Å². The summed E-state index contributed by atoms with van der Waals surface area (Å²) in [5.41, 5.74) is 7.45. The Morgan fingerprint density at radius 2 is 2.15 bits per heavy atom. The van der Waals surface area contributed by atoms with Crippen molar-refractivity contribution < 1.29 is 9.53 Å². The third-order valence-electron chi connectivity index (χ3n) is 2.85. The molecule has 0 saturated carbocycles. The van der Waals surface area contributed by atoms with Gasteiger partial charge in [-0.1, -0.05) is 29.3 Å². The zero-order valence-electron chi connectivity index (χ0n) is 11.0. The number of anilines is 1. The van der Waals surface area contributed by atoms with Gasteiger partial charge in [0.15, 0.2) is 0 Å². The molecule has 0 saturated heterocycles. The van der Waals surface area contributed by atoms with Crippen LogP contribution in [0.1, 0.15) is 21.7 Å². The van der Waals surface area contributed by atoms with Crippen LogP contribution in [0.3, 0.4) is 0 Å². The van der Waals surface area contributed by atoms with E-state index in [1.54, 1.807) is 36.9 Å². The first-order chi connectivity index (χ1) is 9.41. The highest BCUT2D eigenvalue weighted by atomic mass is 35.5. The van der Waals surface area contributed by atoms with Crippen molar-refractivity contribution in [3.63, 3.8) is 0 Å². The first kappa shape index (κ1) is 14.7. The standard InChI is InChI=1S/C13H13Cl2N3O2/c1-7-12(15)10(18(2)17-7)6-20-13(19)11-8(14)4-3-5-9(11)16/h3-5H,6,16H2,1-2H3. The summed E-state index contributed by atoms with van der Waals surface area (Å²) in [5.74, 6) is -0.594. The van der Waals surface area contributed by atoms with E-state index in [0.717, 1.165) is 0 Å². The third kappa shape index (κ3) is 2.73. The van der Waals surface area contributed by atoms with Crippen molar-refractivity contribution >= 4 is 34.9 Å². The number of ether oxygens (including phenoxy) is 1. The van der Waals surface area contributed by atoms with Crippen molar-refractivity contribution in [2.24, 2.45) is 7.05 Å². The molecule has 2 N–H and O–H groups in total. The van der Waals surface area contributed by atoms with E-state index in [0.29, 0.717) is 16.4 Å². The molecule has 0 aliphatic heterocycles. The Kier molecular flexibility index (Phi) is 4.20. The number of hydrogen-bond donors (Lipinski definition) is 1. The predicted molar refractivity (Wildman–Crippen MR) is 77.9 cm³/mol. The number of carbonyl (C=O) groups is 1. The predicted octanol–water partition coefficient (Wildman–Crippen LogP) is 2.97. The highest BCUT2D eigenvalue weighted by Crippen LogP contribution is 2.24. The van der Waals surface area contributed by atoms with Gasteiger partial charge < -0.3 is 10.5 Å². The average Bonchev–Trinajstić information content (AvgIpc) is 2.61. The highest BCUT2D eigenvalue weighted by Gasteiger charge is 2.18. The van der Waals surface area contributed by atoms with Crippen LogP contribution < -0.4 is 5.73 Å². The second-order valence-corrected chi connectivity index (χ2v) is 5.04. The van der Waals surface area contributed by atoms with Crippen molar-refractivity contribution in [3.05, 3.63) is 45.2 Å². The molecule has 0 unspecified atom stereocenters. The summed E-state index contributed by atoms with van der Waals surface area (Å²) in [6.07, 6.45) is 0. The smallest absolute Gasteiger partial charge is 0.342 e. The van der Waals surface area contributed by atoms with E-state index in [4.69, 9.17) is 33.7 Å². The molecule has 7 heteroatoms. The number of carbonyl (C=O) groups excluding carboxylic acids is 1. The number of rotatable bonds is 3. The van der Waals surface area contributed by atoms with Crippen LogP contribution in [0.4, 0.5) is 5.69 Å². The van der Waals surface area contributed by atoms with Gasteiger partial charge in [0, 0.05) is 12.7 Å². The van der Waals surface area contributed by atoms with E-state index in [1.807, 2.05) is 0 Å². The lowest BCUT2D eigenvalue weighted by atomic mass is 10.2. The quantitative estimate of drug-likeness (QED) is 0.698. The molecular formula is C13H13Cl2N3O2. The topological polar surface area (TPSA) is 70.1 Å². The second-order valence-electron chi connectivity index (χ2n) is 4.25. The van der Waals surface area contributed by atoms with Gasteiger partial charge in [0.05, 0.1) is 21.4 Å². The average molecular weight is 314 g/mol. The van der Waals surface area contributed by atoms with Gasteiger partial charge >= 0.3 is 5.97 Å². The van der Waals surface area contributed by atoms with E-state index in [9.17, 15) is 4.79 Å². The van der Waals surface area contributed by atoms with Gasteiger partial charge in [0.25, 0.3) is 0 Å². The SMILES string of the molecule is Cc1nn(C)c(COC(=O)c2c(N)cccc2Cl)c1Cl. The van der Waals surface area contributed by atoms with E-state index >= 15 is 0 Å². The van der Waals surface area contributed by atoms with Gasteiger partial charge in [-0.05, 0) is 19.1 Å². The molecule has 0 aliphatic rings. The Labute approximate surface area is 126 Å². The van der Waals surface area contributed by atoms with Gasteiger partial charge in [-0.15, -0.1) is 0 Å². The van der Waals surface area contributed by atoms with Crippen LogP contribution in [0.25, 0.3) is 0 Å². The molecule has 106 valence electrons. The van der Waals surface area contributed by atoms with Crippen LogP contribution in [-0.4, -0.2) is 15.7 Å². The molecule has 0 bridgehead atoms. The minimum absolute atomic E-state index is 0.000328. The Hall–Kier alpha value is -1.72. The molecule has 1 aromatic carbocycles. The summed E-state index contributed by atoms with van der Waals surface area (Å²) < 4.78 is 6.77. The molecule has 5 nitrogen and oxygen atoms in total. The maximum Gasteiger partial charge on any atom is 0.342 e. The van der Waals surface area contributed by atoms with E-state index in [1.165, 1.54) is 0 Å². The lowest BCUT2D eigenvalue weighted by molar-refractivity contribution is 0.0465. The van der Waals surface area contributed by atoms with Gasteiger partial charge in [0.2, 0.25) is 0 Å². The van der Waals surface area contributed by atoms with Crippen LogP contribution in [0.5, 0.6) is 0 Å². The fourth-order valence-electron chi connectivity index (χ4n) is 1.80. The maximum atomic E-state index is 12.0. The largest absolute Gasteiger partial charge is 0.455 e. The fourth-order valence-corrected chi connectivity index (χ4v) is 2.27. The molecule has 0 fully saturated rings. The molecule has 0 spiro atoms. The van der Waals surface area contributed by atoms with Crippen LogP contribution in [0.15, 0.2) is 18.2 Å². The third-order valence-corrected chi connectivity index (χ3v) is 3.66. The molecule has 0 amide bonds. The van der Waals surface area contributed by atoms with E-state index in [-0.39, 0.29) is 22.9 Å². The van der Waals surface area contributed by atoms with Crippen LogP contribution in [-0.2, 0) is 18.4 Å². The summed E-state index contributed by atoms with van der Waals surface area (Å²) in [7, 11) is 1.73. The maximum absolute atomic E-state index is 12.0. The number of nitrogens with two attached hydrogens (primary N) is 1. The molecule has 0 aliphatic carbocycles. The lowest BCUT2D eigenvalue weighted by Gasteiger charge is -2.09. The first-order valence-electron chi connectivity index (χ1n) is 5.81. The number of nitrogens with zero attached hydrogens (tertiary/aromatic N) is 2. The summed E-state index contributed by atoms with van der Waals surface area (Å²) in [4.78, 5) is 12.0. The van der Waals surface area contributed by atoms with Crippen molar-refractivity contribution in [1.29, 1.82) is 0 Å². The summed E-state index contributed by atoms with van der Waals surface area (Å²) in [5, 5.41) is 4.87. The Morgan fingerprint density at radius 3 is 2.70 bits per heavy atom. The number of hydrogen-bond acceptors (Lipinski definition) is 4. The van der Waals surface area contributed by atoms with Crippen molar-refractivity contribution in [1.82, 2.24) is 9.78 Å². The van der Waals surface area contributed by atoms with E-state index < -0.39 is 5.97 Å². The monoisotopic (exact) mass is 313 g/mol. The number of benzene rings is 1. The number of nitrogen functional groups attached to an aromatic ring is 1. The van der Waals surface area contributed by atoms with Gasteiger partial charge in [-0.3, -0.25) is 4.68 Å². The van der Waals surface area contributed by atoms with Gasteiger partial charge in [-0.2, -0.15) is 5.10 Å². The highest BCUT2D eigenvalue weighted by molar-refractivity contribution is 6.34. The Morgan fingerprint density at radius 1 is 1.45 bits per heavy atom. The zero-order chi connectivity index (χ0) is 14.9. The summed E-state index contributed by atoms with van der Waals surface area (Å²) in [6.45, 7) is 1.78. The number of esters is 1. The number of aryl methyl sites for hydroxylation is 2. The zero-order valence-corrected chi connectivity index (χ0v) is 12.5. The van der Waals surface area contributed by atoms with E-state index in [2.05, 4.69) is 5.10 Å². The molecule has 0 atom stereocenters. The molecule has 1 heterocycles. The molecule has 2 aromatic rings. The van der Waals surface area contributed by atoms with Crippen molar-refractivity contribution in [2.75, 3.05) is 5.73 Å². The molecule has 20 heavy (non-hydrogen) atoms. The first-order valence-corrected chi connectivity index (χ1v) is 6.56. The number of aromatic nitrogens is 2. The fraction of sp³-hybridized carbons (Fsp3) is 0.231. The normalized spacial score (nSPS) is 10.6. The summed E-state index contributed by atoms with van der Waals surface area (Å²) in [6, 6.07) is 4.83. The van der Waals surface area contributed by atoms with Crippen molar-refractivity contribution in [2.45, 2.75) is 13.5 Å². The molecular weight excluding hydrogens is 301 g/mol. The Bertz CT molecular complexity index is 648. The molecule has 2 rings (SSSR count). The van der Waals surface area contributed by atoms with Crippen LogP contribution >= 0.6 is 23.2 Å². The van der Waals surface area contributed by atoms with Gasteiger partial charge in [0.1, 0.15) is 12.2 Å².